The van der Waals surface area contributed by atoms with E-state index in [9.17, 15) is 26.3 Å². The van der Waals surface area contributed by atoms with E-state index in [0.29, 0.717) is 19.7 Å². The Morgan fingerprint density at radius 3 is 2.60 bits per heavy atom. The zero-order chi connectivity index (χ0) is 21.9. The summed E-state index contributed by atoms with van der Waals surface area (Å²) in [4.78, 5) is 0. The van der Waals surface area contributed by atoms with Gasteiger partial charge in [-0.05, 0) is 0 Å². The summed E-state index contributed by atoms with van der Waals surface area (Å²) in [5, 5.41) is 18.7. The van der Waals surface area contributed by atoms with Crippen LogP contribution in [0.1, 0.15) is 11.4 Å². The van der Waals surface area contributed by atoms with Gasteiger partial charge in [-0.3, -0.25) is 4.68 Å². The predicted molar refractivity (Wildman–Crippen MR) is 94.4 cm³/mol. The summed E-state index contributed by atoms with van der Waals surface area (Å²) in [6.07, 6.45) is -9.74. The van der Waals surface area contributed by atoms with Crippen LogP contribution in [0.4, 0.5) is 43.5 Å². The molecular formula is C16H19F6N7O. The average Bonchev–Trinajstić information content (AvgIpc) is 2.98. The van der Waals surface area contributed by atoms with E-state index in [2.05, 4.69) is 31.2 Å². The van der Waals surface area contributed by atoms with Crippen LogP contribution in [0, 0.1) is 0 Å². The van der Waals surface area contributed by atoms with Gasteiger partial charge in [0.1, 0.15) is 0 Å². The number of nitrogens with one attached hydrogen (secondary N) is 3. The SMILES string of the molecule is Cn1ncc(Nc2cc(NCC3CNCCO3)c(C(F)(F)F)nn2)c1CC(F)(F)F. The van der Waals surface area contributed by atoms with Crippen LogP contribution >= 0.6 is 0 Å². The normalized spacial score (nSPS) is 17.8. The van der Waals surface area contributed by atoms with Crippen LogP contribution in [0.2, 0.25) is 0 Å². The number of hydrogen-bond acceptors (Lipinski definition) is 7. The van der Waals surface area contributed by atoms with Crippen molar-refractivity contribution in [3.8, 4) is 0 Å². The molecule has 1 atom stereocenters. The highest BCUT2D eigenvalue weighted by atomic mass is 19.4. The van der Waals surface area contributed by atoms with Gasteiger partial charge in [0.2, 0.25) is 0 Å². The molecule has 1 saturated heterocycles. The van der Waals surface area contributed by atoms with Gasteiger partial charge >= 0.3 is 12.4 Å². The first-order valence-electron chi connectivity index (χ1n) is 8.88. The highest BCUT2D eigenvalue weighted by molar-refractivity contribution is 5.63. The molecule has 2 aromatic rings. The van der Waals surface area contributed by atoms with Gasteiger partial charge in [-0.1, -0.05) is 0 Å². The number of rotatable bonds is 6. The maximum atomic E-state index is 13.3. The molecule has 2 aromatic heterocycles. The lowest BCUT2D eigenvalue weighted by atomic mass is 10.2. The van der Waals surface area contributed by atoms with Crippen LogP contribution < -0.4 is 16.0 Å². The lowest BCUT2D eigenvalue weighted by Gasteiger charge is -2.24. The molecule has 3 rings (SSSR count). The van der Waals surface area contributed by atoms with E-state index < -0.39 is 24.5 Å². The number of morpholine rings is 1. The van der Waals surface area contributed by atoms with Crippen molar-refractivity contribution in [3.63, 3.8) is 0 Å². The van der Waals surface area contributed by atoms with Crippen LogP contribution in [0.15, 0.2) is 12.3 Å². The monoisotopic (exact) mass is 439 g/mol. The molecular weight excluding hydrogens is 420 g/mol. The highest BCUT2D eigenvalue weighted by Crippen LogP contribution is 2.34. The van der Waals surface area contributed by atoms with Gasteiger partial charge in [0.05, 0.1) is 42.4 Å². The van der Waals surface area contributed by atoms with Crippen LogP contribution in [0.5, 0.6) is 0 Å². The molecule has 0 radical (unpaired) electrons. The van der Waals surface area contributed by atoms with E-state index in [0.717, 1.165) is 16.9 Å². The Kier molecular flexibility index (Phi) is 6.36. The molecule has 3 N–H and O–H groups in total. The number of halogens is 6. The molecule has 0 saturated carbocycles. The predicted octanol–water partition coefficient (Wildman–Crippen LogP) is 2.48. The van der Waals surface area contributed by atoms with E-state index in [-0.39, 0.29) is 35.5 Å². The molecule has 0 amide bonds. The van der Waals surface area contributed by atoms with Crippen molar-refractivity contribution < 1.29 is 31.1 Å². The maximum Gasteiger partial charge on any atom is 0.437 e. The number of anilines is 3. The van der Waals surface area contributed by atoms with Gasteiger partial charge in [-0.25, -0.2) is 0 Å². The molecule has 14 heteroatoms. The lowest BCUT2D eigenvalue weighted by Crippen LogP contribution is -2.42. The minimum atomic E-state index is -4.77. The molecule has 0 bridgehead atoms. The van der Waals surface area contributed by atoms with Crippen molar-refractivity contribution in [1.82, 2.24) is 25.3 Å². The third-order valence-electron chi connectivity index (χ3n) is 4.28. The van der Waals surface area contributed by atoms with E-state index in [1.54, 1.807) is 0 Å². The largest absolute Gasteiger partial charge is 0.437 e. The van der Waals surface area contributed by atoms with Crippen molar-refractivity contribution in [3.05, 3.63) is 23.7 Å². The van der Waals surface area contributed by atoms with Crippen molar-refractivity contribution >= 4 is 17.2 Å². The maximum absolute atomic E-state index is 13.3. The molecule has 30 heavy (non-hydrogen) atoms. The zero-order valence-corrected chi connectivity index (χ0v) is 15.7. The van der Waals surface area contributed by atoms with Crippen molar-refractivity contribution in [2.45, 2.75) is 24.9 Å². The first-order chi connectivity index (χ1) is 14.0. The topological polar surface area (TPSA) is 88.9 Å². The van der Waals surface area contributed by atoms with E-state index in [1.165, 1.54) is 7.05 Å². The van der Waals surface area contributed by atoms with E-state index >= 15 is 0 Å². The smallest absolute Gasteiger partial charge is 0.380 e. The van der Waals surface area contributed by atoms with E-state index in [4.69, 9.17) is 4.74 Å². The first-order valence-corrected chi connectivity index (χ1v) is 8.88. The molecule has 3 heterocycles. The number of aryl methyl sites for hydroxylation is 1. The fraction of sp³-hybridized carbons (Fsp3) is 0.562. The molecule has 166 valence electrons. The summed E-state index contributed by atoms with van der Waals surface area (Å²) in [6.45, 7) is 1.63. The van der Waals surface area contributed by atoms with Crippen molar-refractivity contribution in [1.29, 1.82) is 0 Å². The molecule has 8 nitrogen and oxygen atoms in total. The highest BCUT2D eigenvalue weighted by Gasteiger charge is 2.37. The molecule has 0 aliphatic carbocycles. The number of hydrogen-bond donors (Lipinski definition) is 3. The minimum absolute atomic E-state index is 0.0327. The van der Waals surface area contributed by atoms with Gasteiger partial charge in [0, 0.05) is 32.7 Å². The van der Waals surface area contributed by atoms with E-state index in [1.807, 2.05) is 0 Å². The Bertz CT molecular complexity index is 861. The number of alkyl halides is 6. The Morgan fingerprint density at radius 1 is 1.20 bits per heavy atom. The Labute approximate surface area is 167 Å². The quantitative estimate of drug-likeness (QED) is 0.596. The number of nitrogens with zero attached hydrogens (tertiary/aromatic N) is 4. The van der Waals surface area contributed by atoms with Gasteiger partial charge in [0.25, 0.3) is 0 Å². The third-order valence-corrected chi connectivity index (χ3v) is 4.28. The minimum Gasteiger partial charge on any atom is -0.380 e. The molecule has 1 fully saturated rings. The fourth-order valence-corrected chi connectivity index (χ4v) is 2.88. The molecule has 1 aliphatic heterocycles. The fourth-order valence-electron chi connectivity index (χ4n) is 2.88. The Hall–Kier alpha value is -2.61. The summed E-state index contributed by atoms with van der Waals surface area (Å²) >= 11 is 0. The molecule has 1 aliphatic rings. The van der Waals surface area contributed by atoms with Crippen molar-refractivity contribution in [2.75, 3.05) is 36.9 Å². The molecule has 0 aromatic carbocycles. The second-order valence-electron chi connectivity index (χ2n) is 6.61. The second-order valence-corrected chi connectivity index (χ2v) is 6.61. The summed E-state index contributed by atoms with van der Waals surface area (Å²) in [6, 6.07) is 1.04. The van der Waals surface area contributed by atoms with Gasteiger partial charge in [-0.15, -0.1) is 10.2 Å². The summed E-state index contributed by atoms with van der Waals surface area (Å²) < 4.78 is 84.7. The number of ether oxygens (including phenoxy) is 1. The summed E-state index contributed by atoms with van der Waals surface area (Å²) in [7, 11) is 1.33. The number of aromatic nitrogens is 4. The second kappa shape index (κ2) is 8.63. The van der Waals surface area contributed by atoms with Crippen molar-refractivity contribution in [2.24, 2.45) is 7.05 Å². The first kappa shape index (κ1) is 22.1. The standard InChI is InChI=1S/C16H19F6N7O/c1-29-12(5-15(17,18)19)11(8-25-29)26-13-4-10(14(28-27-13)16(20,21)22)24-7-9-6-23-2-3-30-9/h4,8-9,23H,2-3,5-7H2,1H3,(H2,24,26,27). The summed E-state index contributed by atoms with van der Waals surface area (Å²) in [5.74, 6) is -0.162. The van der Waals surface area contributed by atoms with Crippen LogP contribution in [0.25, 0.3) is 0 Å². The molecule has 0 spiro atoms. The lowest BCUT2D eigenvalue weighted by molar-refractivity contribution is -0.141. The Morgan fingerprint density at radius 2 is 1.97 bits per heavy atom. The van der Waals surface area contributed by atoms with Crippen LogP contribution in [-0.2, 0) is 24.4 Å². The van der Waals surface area contributed by atoms with Crippen LogP contribution in [-0.4, -0.2) is 58.5 Å². The van der Waals surface area contributed by atoms with Gasteiger partial charge in [-0.2, -0.15) is 31.4 Å². The third kappa shape index (κ3) is 5.72. The van der Waals surface area contributed by atoms with Gasteiger partial charge in [0.15, 0.2) is 11.5 Å². The van der Waals surface area contributed by atoms with Crippen LogP contribution in [0.3, 0.4) is 0 Å². The molecule has 1 unspecified atom stereocenters. The zero-order valence-electron chi connectivity index (χ0n) is 15.7. The van der Waals surface area contributed by atoms with Gasteiger partial charge < -0.3 is 20.7 Å². The Balaban J connectivity index is 1.82. The average molecular weight is 439 g/mol. The summed E-state index contributed by atoms with van der Waals surface area (Å²) in [5.41, 5.74) is -1.83.